The maximum Gasteiger partial charge on any atom is 0.253 e. The number of ketones is 1. The smallest absolute Gasteiger partial charge is 0.253 e. The fourth-order valence-corrected chi connectivity index (χ4v) is 2.59. The van der Waals surface area contributed by atoms with Crippen molar-refractivity contribution < 1.29 is 19.1 Å². The standard InChI is InChI=1S/C21H23NO4/c1-14-6-13-19(25-4)17(20(14)26-5)11-12-18(23)15-7-9-16(10-8-15)21(24)22(2)3/h6-13H,1-5H3/b12-11+. The number of hydrogen-bond donors (Lipinski definition) is 0. The van der Waals surface area contributed by atoms with E-state index in [1.165, 1.54) is 11.0 Å². The lowest BCUT2D eigenvalue weighted by molar-refractivity contribution is 0.0827. The number of methoxy groups -OCH3 is 2. The second kappa shape index (κ2) is 8.34. The lowest BCUT2D eigenvalue weighted by Gasteiger charge is -2.12. The van der Waals surface area contributed by atoms with Gasteiger partial charge >= 0.3 is 0 Å². The Hall–Kier alpha value is -3.08. The summed E-state index contributed by atoms with van der Waals surface area (Å²) in [7, 11) is 6.53. The second-order valence-corrected chi connectivity index (χ2v) is 6.01. The van der Waals surface area contributed by atoms with Crippen molar-refractivity contribution in [2.75, 3.05) is 28.3 Å². The number of benzene rings is 2. The largest absolute Gasteiger partial charge is 0.496 e. The lowest BCUT2D eigenvalue weighted by Crippen LogP contribution is -2.21. The van der Waals surface area contributed by atoms with Crippen molar-refractivity contribution in [1.29, 1.82) is 0 Å². The maximum absolute atomic E-state index is 12.5. The Kier molecular flexibility index (Phi) is 6.17. The minimum absolute atomic E-state index is 0.103. The van der Waals surface area contributed by atoms with Crippen molar-refractivity contribution in [2.24, 2.45) is 0 Å². The van der Waals surface area contributed by atoms with Crippen LogP contribution in [0.1, 0.15) is 31.8 Å². The fraction of sp³-hybridized carbons (Fsp3) is 0.238. The Balaban J connectivity index is 2.28. The highest BCUT2D eigenvalue weighted by molar-refractivity contribution is 6.07. The lowest BCUT2D eigenvalue weighted by atomic mass is 10.0. The van der Waals surface area contributed by atoms with Gasteiger partial charge in [-0.3, -0.25) is 9.59 Å². The number of carbonyl (C=O) groups excluding carboxylic acids is 2. The molecule has 0 heterocycles. The fourth-order valence-electron chi connectivity index (χ4n) is 2.59. The Morgan fingerprint density at radius 1 is 0.923 bits per heavy atom. The van der Waals surface area contributed by atoms with Crippen LogP contribution in [0.2, 0.25) is 0 Å². The van der Waals surface area contributed by atoms with E-state index in [0.29, 0.717) is 28.2 Å². The van der Waals surface area contributed by atoms with E-state index in [4.69, 9.17) is 9.47 Å². The molecule has 0 aliphatic rings. The summed E-state index contributed by atoms with van der Waals surface area (Å²) in [4.78, 5) is 25.9. The molecule has 2 aromatic rings. The molecule has 0 radical (unpaired) electrons. The van der Waals surface area contributed by atoms with Crippen LogP contribution in [0.5, 0.6) is 11.5 Å². The van der Waals surface area contributed by atoms with Crippen molar-refractivity contribution in [2.45, 2.75) is 6.92 Å². The van der Waals surface area contributed by atoms with Crippen molar-refractivity contribution in [3.63, 3.8) is 0 Å². The van der Waals surface area contributed by atoms with Crippen LogP contribution in [0.4, 0.5) is 0 Å². The first-order valence-electron chi connectivity index (χ1n) is 8.14. The summed E-state index contributed by atoms with van der Waals surface area (Å²) in [5.74, 6) is 1.02. The first-order valence-corrected chi connectivity index (χ1v) is 8.14. The van der Waals surface area contributed by atoms with Crippen LogP contribution in [0.3, 0.4) is 0 Å². The van der Waals surface area contributed by atoms with Crippen molar-refractivity contribution in [1.82, 2.24) is 4.90 Å². The van der Waals surface area contributed by atoms with E-state index in [1.807, 2.05) is 19.1 Å². The summed E-state index contributed by atoms with van der Waals surface area (Å²) in [5, 5.41) is 0. The molecule has 5 nitrogen and oxygen atoms in total. The molecule has 0 aliphatic carbocycles. The van der Waals surface area contributed by atoms with Crippen LogP contribution in [-0.2, 0) is 0 Å². The van der Waals surface area contributed by atoms with E-state index >= 15 is 0 Å². The van der Waals surface area contributed by atoms with E-state index in [9.17, 15) is 9.59 Å². The normalized spacial score (nSPS) is 10.7. The quantitative estimate of drug-likeness (QED) is 0.588. The van der Waals surface area contributed by atoms with Gasteiger partial charge in [-0.15, -0.1) is 0 Å². The molecule has 0 bridgehead atoms. The Morgan fingerprint density at radius 3 is 2.08 bits per heavy atom. The van der Waals surface area contributed by atoms with Gasteiger partial charge in [0.25, 0.3) is 5.91 Å². The molecule has 0 aliphatic heterocycles. The number of ether oxygens (including phenoxy) is 2. The Labute approximate surface area is 153 Å². The van der Waals surface area contributed by atoms with Gasteiger partial charge in [0.15, 0.2) is 5.78 Å². The molecule has 2 aromatic carbocycles. The third kappa shape index (κ3) is 4.11. The molecule has 1 amide bonds. The monoisotopic (exact) mass is 353 g/mol. The van der Waals surface area contributed by atoms with Gasteiger partial charge in [-0.05, 0) is 42.8 Å². The van der Waals surface area contributed by atoms with Crippen molar-refractivity contribution in [3.05, 3.63) is 64.7 Å². The summed E-state index contributed by atoms with van der Waals surface area (Å²) in [5.41, 5.74) is 2.70. The summed E-state index contributed by atoms with van der Waals surface area (Å²) >= 11 is 0. The molecule has 0 atom stereocenters. The maximum atomic E-state index is 12.5. The van der Waals surface area contributed by atoms with E-state index in [2.05, 4.69) is 0 Å². The molecule has 0 spiro atoms. The molecular weight excluding hydrogens is 330 g/mol. The highest BCUT2D eigenvalue weighted by Crippen LogP contribution is 2.33. The first kappa shape index (κ1) is 19.2. The number of carbonyl (C=O) groups is 2. The van der Waals surface area contributed by atoms with Gasteiger partial charge in [0.2, 0.25) is 0 Å². The molecule has 2 rings (SSSR count). The number of rotatable bonds is 6. The SMILES string of the molecule is COc1ccc(C)c(OC)c1/C=C/C(=O)c1ccc(C(=O)N(C)C)cc1. The summed E-state index contributed by atoms with van der Waals surface area (Å²) in [6, 6.07) is 10.3. The average molecular weight is 353 g/mol. The number of nitrogens with zero attached hydrogens (tertiary/aromatic N) is 1. The summed E-state index contributed by atoms with van der Waals surface area (Å²) < 4.78 is 10.8. The van der Waals surface area contributed by atoms with Gasteiger partial charge in [0.05, 0.1) is 19.8 Å². The third-order valence-corrected chi connectivity index (χ3v) is 4.00. The number of allylic oxidation sites excluding steroid dienone is 1. The van der Waals surface area contributed by atoms with E-state index < -0.39 is 0 Å². The number of amides is 1. The zero-order chi connectivity index (χ0) is 19.3. The first-order chi connectivity index (χ1) is 12.4. The van der Waals surface area contributed by atoms with Gasteiger partial charge in [-0.25, -0.2) is 0 Å². The van der Waals surface area contributed by atoms with E-state index in [0.717, 1.165) is 5.56 Å². The highest BCUT2D eigenvalue weighted by Gasteiger charge is 2.12. The molecule has 0 saturated carbocycles. The molecule has 5 heteroatoms. The average Bonchev–Trinajstić information content (AvgIpc) is 2.65. The van der Waals surface area contributed by atoms with Crippen molar-refractivity contribution in [3.8, 4) is 11.5 Å². The zero-order valence-electron chi connectivity index (χ0n) is 15.7. The molecule has 0 fully saturated rings. The van der Waals surface area contributed by atoms with Gasteiger partial charge < -0.3 is 14.4 Å². The predicted molar refractivity (Wildman–Crippen MR) is 102 cm³/mol. The third-order valence-electron chi connectivity index (χ3n) is 4.00. The molecule has 0 unspecified atom stereocenters. The Morgan fingerprint density at radius 2 is 1.54 bits per heavy atom. The topological polar surface area (TPSA) is 55.8 Å². The van der Waals surface area contributed by atoms with E-state index in [-0.39, 0.29) is 11.7 Å². The van der Waals surface area contributed by atoms with Crippen LogP contribution in [-0.4, -0.2) is 44.9 Å². The summed E-state index contributed by atoms with van der Waals surface area (Å²) in [6.45, 7) is 1.93. The zero-order valence-corrected chi connectivity index (χ0v) is 15.7. The molecule has 0 aromatic heterocycles. The minimum Gasteiger partial charge on any atom is -0.496 e. The second-order valence-electron chi connectivity index (χ2n) is 6.01. The van der Waals surface area contributed by atoms with E-state index in [1.54, 1.807) is 58.7 Å². The number of hydrogen-bond acceptors (Lipinski definition) is 4. The van der Waals surface area contributed by atoms with Crippen LogP contribution in [0.15, 0.2) is 42.5 Å². The van der Waals surface area contributed by atoms with Crippen LogP contribution in [0, 0.1) is 6.92 Å². The molecule has 136 valence electrons. The van der Waals surface area contributed by atoms with Gasteiger partial charge in [-0.1, -0.05) is 18.2 Å². The predicted octanol–water partition coefficient (Wildman–Crippen LogP) is 3.61. The van der Waals surface area contributed by atoms with Crippen molar-refractivity contribution >= 4 is 17.8 Å². The summed E-state index contributed by atoms with van der Waals surface area (Å²) in [6.07, 6.45) is 3.16. The molecular formula is C21H23NO4. The minimum atomic E-state index is -0.167. The van der Waals surface area contributed by atoms with Crippen LogP contribution >= 0.6 is 0 Å². The molecule has 26 heavy (non-hydrogen) atoms. The number of aryl methyl sites for hydroxylation is 1. The molecule has 0 saturated heterocycles. The van der Waals surface area contributed by atoms with Gasteiger partial charge in [0, 0.05) is 25.2 Å². The highest BCUT2D eigenvalue weighted by atomic mass is 16.5. The Bertz CT molecular complexity index is 836. The molecule has 0 N–H and O–H groups in total. The van der Waals surface area contributed by atoms with Crippen LogP contribution < -0.4 is 9.47 Å². The van der Waals surface area contributed by atoms with Gasteiger partial charge in [-0.2, -0.15) is 0 Å². The van der Waals surface area contributed by atoms with Gasteiger partial charge in [0.1, 0.15) is 11.5 Å². The van der Waals surface area contributed by atoms with Crippen LogP contribution in [0.25, 0.3) is 6.08 Å².